The highest BCUT2D eigenvalue weighted by molar-refractivity contribution is 7.19. The van der Waals surface area contributed by atoms with Gasteiger partial charge in [-0.05, 0) is 63.1 Å². The standard InChI is InChI=1S/C54H36N2OSi/c1-4-20-38(21-5-1)58(39-22-6-2-7-23-39,40-24-8-3-9-25-40)41-26-18-19-37(35-41)55-47-31-14-12-29-44(47)46-36-50(54-52(53(46)55)45-30-13-17-34-51(45)57-54)56-48-32-15-10-27-42(48)43-28-11-16-33-49(43)56/h1-36H/i10D,11D,12D,13D,14D,15D,16D,17D,27D,28D,29D,30D,31D,32D,33D,34D,36D. The third-order valence-electron chi connectivity index (χ3n) is 11.0. The Morgan fingerprint density at radius 1 is 0.431 bits per heavy atom. The fourth-order valence-corrected chi connectivity index (χ4v) is 13.5. The van der Waals surface area contributed by atoms with Crippen molar-refractivity contribution in [2.45, 2.75) is 0 Å². The molecule has 0 saturated carbocycles. The van der Waals surface area contributed by atoms with Crippen molar-refractivity contribution in [3.63, 3.8) is 0 Å². The summed E-state index contributed by atoms with van der Waals surface area (Å²) in [7, 11) is -3.33. The molecule has 4 heteroatoms. The second-order valence-corrected chi connectivity index (χ2v) is 17.8. The van der Waals surface area contributed by atoms with Gasteiger partial charge in [-0.25, -0.2) is 0 Å². The van der Waals surface area contributed by atoms with E-state index in [4.69, 9.17) is 18.1 Å². The van der Waals surface area contributed by atoms with E-state index in [2.05, 4.69) is 36.4 Å². The van der Waals surface area contributed by atoms with Gasteiger partial charge in [-0.1, -0.05) is 176 Å². The van der Waals surface area contributed by atoms with E-state index in [0.29, 0.717) is 5.69 Å². The molecule has 0 spiro atoms. The van der Waals surface area contributed by atoms with Gasteiger partial charge < -0.3 is 13.6 Å². The first kappa shape index (κ1) is 20.1. The van der Waals surface area contributed by atoms with Gasteiger partial charge in [0.25, 0.3) is 0 Å². The number of nitrogens with zero attached hydrogens (tertiary/aromatic N) is 2. The maximum atomic E-state index is 10.5. The quantitative estimate of drug-likeness (QED) is 0.122. The molecule has 12 aromatic rings. The van der Waals surface area contributed by atoms with Crippen molar-refractivity contribution in [3.05, 3.63) is 218 Å². The molecule has 9 aromatic carbocycles. The van der Waals surface area contributed by atoms with Gasteiger partial charge in [-0.3, -0.25) is 0 Å². The Hall–Kier alpha value is -7.40. The Morgan fingerprint density at radius 3 is 1.47 bits per heavy atom. The number of fused-ring (bicyclic) bond motifs is 10. The van der Waals surface area contributed by atoms with Gasteiger partial charge in [-0.2, -0.15) is 0 Å². The normalized spacial score (nSPS) is 16.2. The molecule has 3 heterocycles. The molecule has 0 fully saturated rings. The Balaban J connectivity index is 1.37. The van der Waals surface area contributed by atoms with Gasteiger partial charge >= 0.3 is 0 Å². The number of para-hydroxylation sites is 4. The predicted molar refractivity (Wildman–Crippen MR) is 246 cm³/mol. The Bertz CT molecular complexity index is 4330. The minimum Gasteiger partial charge on any atom is -0.454 e. The number of hydrogen-bond acceptors (Lipinski definition) is 1. The van der Waals surface area contributed by atoms with Crippen LogP contribution in [-0.2, 0) is 0 Å². The van der Waals surface area contributed by atoms with Crippen LogP contribution in [0.3, 0.4) is 0 Å². The third-order valence-corrected chi connectivity index (χ3v) is 15.8. The second kappa shape index (κ2) is 12.8. The summed E-state index contributed by atoms with van der Waals surface area (Å²) in [5.74, 6) is 0. The summed E-state index contributed by atoms with van der Waals surface area (Å²) in [4.78, 5) is 0. The van der Waals surface area contributed by atoms with Gasteiger partial charge in [0.1, 0.15) is 5.58 Å². The lowest BCUT2D eigenvalue weighted by Gasteiger charge is -2.34. The van der Waals surface area contributed by atoms with Gasteiger partial charge in [0, 0.05) is 32.6 Å². The topological polar surface area (TPSA) is 23.0 Å². The van der Waals surface area contributed by atoms with Crippen LogP contribution >= 0.6 is 0 Å². The molecule has 12 rings (SSSR count). The monoisotopic (exact) mass is 773 g/mol. The van der Waals surface area contributed by atoms with Crippen LogP contribution in [0.15, 0.2) is 222 Å². The van der Waals surface area contributed by atoms with Crippen molar-refractivity contribution in [3.8, 4) is 11.4 Å². The zero-order chi connectivity index (χ0) is 53.0. The highest BCUT2D eigenvalue weighted by atomic mass is 28.3. The number of furan rings is 1. The van der Waals surface area contributed by atoms with Gasteiger partial charge in [-0.15, -0.1) is 0 Å². The summed E-state index contributed by atoms with van der Waals surface area (Å²) in [5.41, 5.74) is -1.79. The number of benzene rings is 9. The lowest BCUT2D eigenvalue weighted by molar-refractivity contribution is 0.666. The fraction of sp³-hybridized carbons (Fsp3) is 0. The molecule has 0 aliphatic carbocycles. The van der Waals surface area contributed by atoms with Crippen molar-refractivity contribution in [2.24, 2.45) is 0 Å². The number of aromatic nitrogens is 2. The predicted octanol–water partition coefficient (Wildman–Crippen LogP) is 11.2. The van der Waals surface area contributed by atoms with Crippen molar-refractivity contribution in [2.75, 3.05) is 0 Å². The molecule has 0 bridgehead atoms. The van der Waals surface area contributed by atoms with E-state index in [1.165, 1.54) is 0 Å². The highest BCUT2D eigenvalue weighted by Crippen LogP contribution is 2.45. The fourth-order valence-electron chi connectivity index (χ4n) is 8.75. The SMILES string of the molecule is [2H]c1c([2H])c([2H])c2c(oc3c(-n4c5c([2H])c([2H])c([2H])c([2H])c5c5c([2H])c([2H])c([2H])c([2H])c54)c([2H])c4c5c([2H])c([2H])c([2H])c([2H])c5n(-c5cccc([Si](c6ccccc6)(c6ccccc6)c6ccccc6)c5)c4c32)c1[2H]. The first-order valence-corrected chi connectivity index (χ1v) is 20.6. The molecule has 3 nitrogen and oxygen atoms in total. The summed E-state index contributed by atoms with van der Waals surface area (Å²) in [6.45, 7) is 0. The average Bonchev–Trinajstić information content (AvgIpc) is 4.13. The average molecular weight is 774 g/mol. The molecule has 0 aliphatic heterocycles. The maximum Gasteiger partial charge on any atom is 0.179 e. The lowest BCUT2D eigenvalue weighted by Crippen LogP contribution is -2.74. The van der Waals surface area contributed by atoms with Gasteiger partial charge in [0.15, 0.2) is 13.7 Å². The van der Waals surface area contributed by atoms with Crippen molar-refractivity contribution in [1.82, 2.24) is 9.13 Å². The zero-order valence-corrected chi connectivity index (χ0v) is 31.3. The van der Waals surface area contributed by atoms with Crippen molar-refractivity contribution >= 4 is 94.4 Å². The first-order chi connectivity index (χ1) is 35.9. The van der Waals surface area contributed by atoms with Crippen LogP contribution in [0.2, 0.25) is 0 Å². The van der Waals surface area contributed by atoms with Crippen LogP contribution in [0.4, 0.5) is 0 Å². The summed E-state index contributed by atoms with van der Waals surface area (Å²) < 4.78 is 166. The largest absolute Gasteiger partial charge is 0.454 e. The van der Waals surface area contributed by atoms with Crippen LogP contribution in [0.5, 0.6) is 0 Å². The van der Waals surface area contributed by atoms with Gasteiger partial charge in [0.05, 0.1) is 56.4 Å². The lowest BCUT2D eigenvalue weighted by atomic mass is 10.1. The summed E-state index contributed by atoms with van der Waals surface area (Å²) in [5, 5.41) is 2.54. The molecular weight excluding hydrogens is 721 g/mol. The minimum atomic E-state index is -3.33. The summed E-state index contributed by atoms with van der Waals surface area (Å²) in [6.07, 6.45) is 0. The van der Waals surface area contributed by atoms with E-state index < -0.39 is 122 Å². The van der Waals surface area contributed by atoms with E-state index in [9.17, 15) is 9.60 Å². The van der Waals surface area contributed by atoms with Crippen molar-refractivity contribution < 1.29 is 27.7 Å². The first-order valence-electron chi connectivity index (χ1n) is 27.1. The van der Waals surface area contributed by atoms with Crippen LogP contribution in [0.25, 0.3) is 76.9 Å². The summed E-state index contributed by atoms with van der Waals surface area (Å²) >= 11 is 0. The van der Waals surface area contributed by atoms with E-state index in [-0.39, 0.29) is 60.0 Å². The van der Waals surface area contributed by atoms with E-state index in [0.717, 1.165) is 25.3 Å². The second-order valence-electron chi connectivity index (χ2n) is 13.9. The van der Waals surface area contributed by atoms with Gasteiger partial charge in [0.2, 0.25) is 0 Å². The molecular formula is C54H36N2OSi. The molecule has 3 aromatic heterocycles. The molecule has 0 amide bonds. The Morgan fingerprint density at radius 2 is 0.897 bits per heavy atom. The van der Waals surface area contributed by atoms with E-state index >= 15 is 0 Å². The molecule has 58 heavy (non-hydrogen) atoms. The molecule has 0 atom stereocenters. The Kier molecular flexibility index (Phi) is 4.45. The highest BCUT2D eigenvalue weighted by Gasteiger charge is 2.41. The molecule has 272 valence electrons. The molecule has 0 radical (unpaired) electrons. The molecule has 0 unspecified atom stereocenters. The molecule has 0 aliphatic rings. The summed E-state index contributed by atoms with van der Waals surface area (Å²) in [6, 6.07) is 26.5. The van der Waals surface area contributed by atoms with Crippen LogP contribution < -0.4 is 20.7 Å². The number of hydrogen-bond donors (Lipinski definition) is 0. The van der Waals surface area contributed by atoms with Crippen LogP contribution in [0.1, 0.15) is 23.3 Å². The van der Waals surface area contributed by atoms with E-state index in [1.54, 1.807) is 10.6 Å². The van der Waals surface area contributed by atoms with Crippen LogP contribution in [0, 0.1) is 0 Å². The molecule has 0 N–H and O–H groups in total. The van der Waals surface area contributed by atoms with Crippen LogP contribution in [-0.4, -0.2) is 17.2 Å². The molecule has 0 saturated heterocycles. The maximum absolute atomic E-state index is 10.5. The third kappa shape index (κ3) is 4.61. The minimum absolute atomic E-state index is 0.0300. The number of rotatable bonds is 6. The Labute approximate surface area is 360 Å². The van der Waals surface area contributed by atoms with Crippen molar-refractivity contribution in [1.29, 1.82) is 0 Å². The zero-order valence-electron chi connectivity index (χ0n) is 47.3. The smallest absolute Gasteiger partial charge is 0.179 e. The van der Waals surface area contributed by atoms with E-state index in [1.807, 2.05) is 72.8 Å².